The summed E-state index contributed by atoms with van der Waals surface area (Å²) in [6.45, 7) is 1.51. The monoisotopic (exact) mass is 120 g/mol. The first-order chi connectivity index (χ1) is 3.27. The molecule has 0 heterocycles. The van der Waals surface area contributed by atoms with Gasteiger partial charge in [0.25, 0.3) is 0 Å². The Hall–Kier alpha value is -0.530. The van der Waals surface area contributed by atoms with Crippen LogP contribution in [0.2, 0.25) is 0 Å². The molecule has 0 saturated carbocycles. The normalized spacial score (nSPS) is 11.1. The van der Waals surface area contributed by atoms with Crippen LogP contribution in [0.1, 0.15) is 6.92 Å². The molecule has 40 valence electrons. The summed E-state index contributed by atoms with van der Waals surface area (Å²) in [7, 11) is 0. The lowest BCUT2D eigenvalue weighted by atomic mass is 10.8. The molecule has 0 aliphatic carbocycles. The van der Waals surface area contributed by atoms with E-state index in [4.69, 9.17) is 4.55 Å². The molecule has 0 radical (unpaired) electrons. The van der Waals surface area contributed by atoms with Gasteiger partial charge in [0.2, 0.25) is 0 Å². The van der Waals surface area contributed by atoms with Crippen molar-refractivity contribution >= 4 is 11.4 Å². The van der Waals surface area contributed by atoms with Gasteiger partial charge in [0.15, 0.2) is 0 Å². The van der Waals surface area contributed by atoms with E-state index in [9.17, 15) is 4.21 Å². The predicted octanol–water partition coefficient (Wildman–Crippen LogP) is 0.120. The van der Waals surface area contributed by atoms with Crippen LogP contribution in [-0.4, -0.2) is 8.76 Å². The molecule has 3 nitrogen and oxygen atoms in total. The molecule has 0 aliphatic heterocycles. The molecule has 0 saturated heterocycles. The molecule has 0 aromatic heterocycles. The van der Waals surface area contributed by atoms with Crippen LogP contribution in [0.25, 0.3) is 0 Å². The Morgan fingerprint density at radius 1 is 1.86 bits per heavy atom. The maximum absolute atomic E-state index is 9.54. The van der Waals surface area contributed by atoms with Crippen molar-refractivity contribution in [3.05, 3.63) is 0 Å². The average Bonchev–Trinajstić information content (AvgIpc) is 1.61. The third kappa shape index (κ3) is 5.47. The Morgan fingerprint density at radius 3 is 2.57 bits per heavy atom. The van der Waals surface area contributed by atoms with E-state index in [1.54, 1.807) is 0 Å². The van der Waals surface area contributed by atoms with E-state index >= 15 is 0 Å². The first kappa shape index (κ1) is 6.47. The van der Waals surface area contributed by atoms with Crippen LogP contribution in [-0.2, 0) is 15.5 Å². The van der Waals surface area contributed by atoms with Gasteiger partial charge in [-0.2, -0.15) is 4.21 Å². The molecule has 1 N–H and O–H groups in total. The van der Waals surface area contributed by atoms with E-state index in [1.807, 2.05) is 6.11 Å². The second-order valence-electron chi connectivity index (χ2n) is 0.653. The van der Waals surface area contributed by atoms with Crippen molar-refractivity contribution in [2.24, 2.45) is 0 Å². The zero-order valence-corrected chi connectivity index (χ0v) is 4.49. The summed E-state index contributed by atoms with van der Waals surface area (Å²) in [6.07, 6.45) is 1.95. The number of rotatable bonds is 1. The molecule has 0 aromatic carbocycles. The largest absolute Gasteiger partial charge is 0.366 e. The van der Waals surface area contributed by atoms with Crippen molar-refractivity contribution in [3.63, 3.8) is 0 Å². The second kappa shape index (κ2) is 3.65. The fraction of sp³-hybridized carbons (Fsp3) is 0.333. The highest BCUT2D eigenvalue weighted by atomic mass is 32.2. The minimum Gasteiger partial charge on any atom is -0.325 e. The molecule has 7 heavy (non-hydrogen) atoms. The molecule has 0 spiro atoms. The first-order valence-corrected chi connectivity index (χ1v) is 2.50. The van der Waals surface area contributed by atoms with Crippen molar-refractivity contribution in [1.82, 2.24) is 0 Å². The standard InChI is InChI=1S/C3H4O3S/c1-2-3-6-7(4)5/h1H3,(H,4,5). The Labute approximate surface area is 44.2 Å². The third-order valence-corrected chi connectivity index (χ3v) is 0.441. The van der Waals surface area contributed by atoms with Crippen LogP contribution in [0.5, 0.6) is 0 Å². The van der Waals surface area contributed by atoms with Gasteiger partial charge in [0, 0.05) is 6.92 Å². The lowest BCUT2D eigenvalue weighted by molar-refractivity contribution is 0.439. The zero-order chi connectivity index (χ0) is 5.70. The van der Waals surface area contributed by atoms with E-state index in [2.05, 4.69) is 10.1 Å². The quantitative estimate of drug-likeness (QED) is 0.395. The van der Waals surface area contributed by atoms with Crippen molar-refractivity contribution in [2.45, 2.75) is 6.92 Å². The Bertz CT molecular complexity index is 120. The maximum Gasteiger partial charge on any atom is 0.366 e. The van der Waals surface area contributed by atoms with Gasteiger partial charge in [-0.1, -0.05) is 5.92 Å². The highest BCUT2D eigenvalue weighted by molar-refractivity contribution is 7.74. The van der Waals surface area contributed by atoms with Crippen LogP contribution >= 0.6 is 0 Å². The van der Waals surface area contributed by atoms with Crippen LogP contribution in [0, 0.1) is 12.0 Å². The fourth-order valence-corrected chi connectivity index (χ4v) is 0.232. The number of hydrogen-bond donors (Lipinski definition) is 1. The molecule has 4 heteroatoms. The van der Waals surface area contributed by atoms with Gasteiger partial charge in [-0.05, 0) is 0 Å². The second-order valence-corrected chi connectivity index (χ2v) is 1.25. The van der Waals surface area contributed by atoms with Crippen LogP contribution in [0.15, 0.2) is 0 Å². The smallest absolute Gasteiger partial charge is 0.325 e. The van der Waals surface area contributed by atoms with Crippen LogP contribution in [0.3, 0.4) is 0 Å². The summed E-state index contributed by atoms with van der Waals surface area (Å²) >= 11 is -2.24. The summed E-state index contributed by atoms with van der Waals surface area (Å²) in [6, 6.07) is 0. The minimum atomic E-state index is -2.24. The molecule has 1 unspecified atom stereocenters. The Kier molecular flexibility index (Phi) is 3.38. The molecule has 0 amide bonds. The summed E-state index contributed by atoms with van der Waals surface area (Å²) in [5.41, 5.74) is 0. The van der Waals surface area contributed by atoms with E-state index < -0.39 is 11.4 Å². The highest BCUT2D eigenvalue weighted by Gasteiger charge is 1.81. The van der Waals surface area contributed by atoms with Crippen LogP contribution in [0.4, 0.5) is 0 Å². The predicted molar refractivity (Wildman–Crippen MR) is 25.3 cm³/mol. The molecule has 0 bridgehead atoms. The summed E-state index contributed by atoms with van der Waals surface area (Å²) in [5.74, 6) is 2.27. The van der Waals surface area contributed by atoms with Crippen molar-refractivity contribution in [3.8, 4) is 12.0 Å². The summed E-state index contributed by atoms with van der Waals surface area (Å²) in [5, 5.41) is 0. The Balaban J connectivity index is 3.26. The van der Waals surface area contributed by atoms with E-state index in [0.29, 0.717) is 0 Å². The molecule has 0 aliphatic rings. The molecule has 0 aromatic rings. The SMILES string of the molecule is CC#COS(=O)O. The fourth-order valence-electron chi connectivity index (χ4n) is 0.0773. The number of hydrogen-bond acceptors (Lipinski definition) is 2. The summed E-state index contributed by atoms with van der Waals surface area (Å²) in [4.78, 5) is 0. The van der Waals surface area contributed by atoms with Gasteiger partial charge in [-0.25, -0.2) is 0 Å². The van der Waals surface area contributed by atoms with Gasteiger partial charge < -0.3 is 4.18 Å². The van der Waals surface area contributed by atoms with Crippen molar-refractivity contribution in [2.75, 3.05) is 0 Å². The van der Waals surface area contributed by atoms with Gasteiger partial charge in [-0.3, -0.25) is 4.55 Å². The van der Waals surface area contributed by atoms with Gasteiger partial charge in [0.1, 0.15) is 6.11 Å². The van der Waals surface area contributed by atoms with Gasteiger partial charge in [0.05, 0.1) is 0 Å². The van der Waals surface area contributed by atoms with E-state index in [0.717, 1.165) is 0 Å². The molecular weight excluding hydrogens is 116 g/mol. The minimum absolute atomic E-state index is 1.51. The third-order valence-electron chi connectivity index (χ3n) is 0.215. The first-order valence-electron chi connectivity index (χ1n) is 1.47. The highest BCUT2D eigenvalue weighted by Crippen LogP contribution is 1.70. The Morgan fingerprint density at radius 2 is 2.43 bits per heavy atom. The van der Waals surface area contributed by atoms with Gasteiger partial charge in [-0.15, -0.1) is 0 Å². The zero-order valence-electron chi connectivity index (χ0n) is 3.67. The molecular formula is C3H4O3S. The lowest BCUT2D eigenvalue weighted by Gasteiger charge is -1.79. The van der Waals surface area contributed by atoms with E-state index in [-0.39, 0.29) is 0 Å². The maximum atomic E-state index is 9.54. The van der Waals surface area contributed by atoms with Gasteiger partial charge >= 0.3 is 11.4 Å². The topological polar surface area (TPSA) is 46.5 Å². The van der Waals surface area contributed by atoms with Crippen molar-refractivity contribution < 1.29 is 12.9 Å². The average molecular weight is 120 g/mol. The molecule has 1 atom stereocenters. The molecule has 0 fully saturated rings. The van der Waals surface area contributed by atoms with Crippen LogP contribution < -0.4 is 0 Å². The van der Waals surface area contributed by atoms with E-state index in [1.165, 1.54) is 6.92 Å². The lowest BCUT2D eigenvalue weighted by Crippen LogP contribution is -1.84. The summed E-state index contributed by atoms with van der Waals surface area (Å²) < 4.78 is 21.2. The van der Waals surface area contributed by atoms with Crippen molar-refractivity contribution in [1.29, 1.82) is 0 Å². The molecule has 0 rings (SSSR count).